The zero-order valence-electron chi connectivity index (χ0n) is 17.1. The lowest BCUT2D eigenvalue weighted by Crippen LogP contribution is -2.35. The van der Waals surface area contributed by atoms with Gasteiger partial charge in [-0.3, -0.25) is 15.0 Å². The summed E-state index contributed by atoms with van der Waals surface area (Å²) in [5, 5.41) is 5.94. The summed E-state index contributed by atoms with van der Waals surface area (Å²) in [5.74, 6) is 0.571. The van der Waals surface area contributed by atoms with Gasteiger partial charge in [0, 0.05) is 28.9 Å². The van der Waals surface area contributed by atoms with Gasteiger partial charge in [-0.2, -0.15) is 0 Å². The lowest BCUT2D eigenvalue weighted by atomic mass is 9.99. The van der Waals surface area contributed by atoms with Crippen LogP contribution < -0.4 is 10.2 Å². The van der Waals surface area contributed by atoms with E-state index >= 15 is 0 Å². The zero-order chi connectivity index (χ0) is 21.6. The number of likely N-dealkylation sites (tertiary alicyclic amines) is 1. The van der Waals surface area contributed by atoms with E-state index in [0.717, 1.165) is 41.8 Å². The van der Waals surface area contributed by atoms with Crippen LogP contribution in [0.4, 0.5) is 10.8 Å². The fraction of sp³-hybridized carbons (Fsp3) is 0.450. The minimum Gasteiger partial charge on any atom is -0.318 e. The highest BCUT2D eigenvalue weighted by molar-refractivity contribution is 8.15. The van der Waals surface area contributed by atoms with E-state index < -0.39 is 10.0 Å². The van der Waals surface area contributed by atoms with Crippen LogP contribution in [0.2, 0.25) is 0 Å². The van der Waals surface area contributed by atoms with Crippen molar-refractivity contribution < 1.29 is 13.2 Å². The minimum absolute atomic E-state index is 0.00156. The van der Waals surface area contributed by atoms with Gasteiger partial charge in [-0.1, -0.05) is 6.92 Å². The van der Waals surface area contributed by atoms with Crippen molar-refractivity contribution in [2.45, 2.75) is 31.2 Å². The Hall–Kier alpha value is -1.95. The van der Waals surface area contributed by atoms with Gasteiger partial charge in [-0.25, -0.2) is 13.4 Å². The Kier molecular flexibility index (Phi) is 5.53. The summed E-state index contributed by atoms with van der Waals surface area (Å²) in [6.07, 6.45) is 2.44. The third-order valence-corrected chi connectivity index (χ3v) is 8.88. The average molecular weight is 478 g/mol. The van der Waals surface area contributed by atoms with E-state index in [1.165, 1.54) is 35.9 Å². The van der Waals surface area contributed by atoms with E-state index in [-0.39, 0.29) is 11.7 Å². The number of piperidine rings is 1. The first-order chi connectivity index (χ1) is 14.9. The summed E-state index contributed by atoms with van der Waals surface area (Å²) >= 11 is 2.72. The fourth-order valence-electron chi connectivity index (χ4n) is 3.93. The van der Waals surface area contributed by atoms with Crippen molar-refractivity contribution in [1.82, 2.24) is 9.88 Å². The van der Waals surface area contributed by atoms with Crippen molar-refractivity contribution in [2.24, 2.45) is 10.3 Å². The lowest BCUT2D eigenvalue weighted by molar-refractivity contribution is 0.102. The first-order valence-electron chi connectivity index (χ1n) is 10.3. The van der Waals surface area contributed by atoms with Crippen LogP contribution >= 0.6 is 23.1 Å². The number of benzene rings is 1. The molecule has 1 saturated heterocycles. The number of nitrogens with one attached hydrogen (secondary N) is 1. The van der Waals surface area contributed by atoms with E-state index in [1.54, 1.807) is 12.1 Å². The summed E-state index contributed by atoms with van der Waals surface area (Å²) in [5.41, 5.74) is 2.38. The standard InChI is InChI=1S/C20H23N5O3S3/c1-13-4-6-24(7-5-13)11-15-12-29-19(21-15)22-18(26)14-2-3-16-17(10-14)30-20-23-31(27,28)9-8-25(16)20/h2-3,10,12-13H,4-9,11H2,1H3,(H,21,22,26). The maximum absolute atomic E-state index is 12.8. The summed E-state index contributed by atoms with van der Waals surface area (Å²) < 4.78 is 27.4. The molecule has 1 fully saturated rings. The van der Waals surface area contributed by atoms with Crippen LogP contribution in [0.25, 0.3) is 0 Å². The number of aromatic nitrogens is 1. The Bertz CT molecular complexity index is 1150. The van der Waals surface area contributed by atoms with Crippen molar-refractivity contribution in [3.63, 3.8) is 0 Å². The van der Waals surface area contributed by atoms with E-state index in [2.05, 4.69) is 26.5 Å². The maximum atomic E-state index is 12.8. The molecule has 2 aromatic rings. The molecule has 31 heavy (non-hydrogen) atoms. The third kappa shape index (κ3) is 4.50. The smallest absolute Gasteiger partial charge is 0.257 e. The number of amides is 1. The number of nitrogens with zero attached hydrogens (tertiary/aromatic N) is 4. The molecule has 3 aliphatic rings. The summed E-state index contributed by atoms with van der Waals surface area (Å²) in [6.45, 7) is 5.68. The number of rotatable bonds is 4. The third-order valence-electron chi connectivity index (χ3n) is 5.77. The Labute approximate surface area is 189 Å². The molecule has 0 spiro atoms. The highest BCUT2D eigenvalue weighted by Crippen LogP contribution is 2.42. The normalized spacial score (nSPS) is 20.8. The fourth-order valence-corrected chi connectivity index (χ4v) is 6.92. The predicted octanol–water partition coefficient (Wildman–Crippen LogP) is 3.24. The summed E-state index contributed by atoms with van der Waals surface area (Å²) in [6, 6.07) is 5.39. The van der Waals surface area contributed by atoms with E-state index in [4.69, 9.17) is 0 Å². The predicted molar refractivity (Wildman–Crippen MR) is 125 cm³/mol. The van der Waals surface area contributed by atoms with Gasteiger partial charge >= 0.3 is 0 Å². The van der Waals surface area contributed by atoms with Crippen molar-refractivity contribution in [1.29, 1.82) is 0 Å². The van der Waals surface area contributed by atoms with Crippen LogP contribution in [-0.4, -0.2) is 54.8 Å². The quantitative estimate of drug-likeness (QED) is 0.722. The van der Waals surface area contributed by atoms with Crippen LogP contribution in [0.3, 0.4) is 0 Å². The molecular formula is C20H23N5O3S3. The summed E-state index contributed by atoms with van der Waals surface area (Å²) in [4.78, 5) is 22.5. The Morgan fingerprint density at radius 3 is 2.87 bits per heavy atom. The topological polar surface area (TPSA) is 95.0 Å². The minimum atomic E-state index is -3.40. The number of fused-ring (bicyclic) bond motifs is 3. The van der Waals surface area contributed by atoms with Crippen LogP contribution in [-0.2, 0) is 16.6 Å². The molecule has 1 N–H and O–H groups in total. The van der Waals surface area contributed by atoms with Crippen molar-refractivity contribution in [2.75, 3.05) is 35.6 Å². The second kappa shape index (κ2) is 8.19. The molecule has 1 aromatic carbocycles. The molecule has 0 bridgehead atoms. The first-order valence-corrected chi connectivity index (χ1v) is 13.6. The SMILES string of the molecule is CC1CCN(Cc2csc(NC(=O)c3ccc4c(c3)SC3=NS(=O)(=O)CCN34)n2)CC1. The molecule has 4 heterocycles. The number of hydrogen-bond donors (Lipinski definition) is 1. The molecular weight excluding hydrogens is 454 g/mol. The van der Waals surface area contributed by atoms with Gasteiger partial charge in [0.15, 0.2) is 10.3 Å². The number of amidine groups is 1. The van der Waals surface area contributed by atoms with Crippen molar-refractivity contribution in [3.8, 4) is 0 Å². The Morgan fingerprint density at radius 2 is 2.06 bits per heavy atom. The number of thiazole rings is 1. The average Bonchev–Trinajstić information content (AvgIpc) is 3.31. The molecule has 0 radical (unpaired) electrons. The van der Waals surface area contributed by atoms with Gasteiger partial charge in [0.25, 0.3) is 15.9 Å². The molecule has 0 unspecified atom stereocenters. The zero-order valence-corrected chi connectivity index (χ0v) is 19.5. The molecule has 1 amide bonds. The van der Waals surface area contributed by atoms with Gasteiger partial charge in [-0.05, 0) is 61.8 Å². The first kappa shape index (κ1) is 20.9. The molecule has 8 nitrogen and oxygen atoms in total. The Morgan fingerprint density at radius 1 is 1.26 bits per heavy atom. The van der Waals surface area contributed by atoms with Crippen molar-refractivity contribution >= 4 is 55.0 Å². The van der Waals surface area contributed by atoms with E-state index in [1.807, 2.05) is 16.3 Å². The molecule has 0 saturated carbocycles. The van der Waals surface area contributed by atoms with Crippen LogP contribution in [0, 0.1) is 5.92 Å². The van der Waals surface area contributed by atoms with Gasteiger partial charge in [-0.15, -0.1) is 15.7 Å². The van der Waals surface area contributed by atoms with Crippen LogP contribution in [0.1, 0.15) is 35.8 Å². The maximum Gasteiger partial charge on any atom is 0.257 e. The van der Waals surface area contributed by atoms with E-state index in [0.29, 0.717) is 22.4 Å². The number of sulfonamides is 1. The van der Waals surface area contributed by atoms with Gasteiger partial charge in [0.1, 0.15) is 0 Å². The summed E-state index contributed by atoms with van der Waals surface area (Å²) in [7, 11) is -3.40. The molecule has 5 rings (SSSR count). The van der Waals surface area contributed by atoms with Gasteiger partial charge in [0.05, 0.1) is 17.1 Å². The monoisotopic (exact) mass is 477 g/mol. The number of thioether (sulfide) groups is 1. The molecule has 1 aromatic heterocycles. The lowest BCUT2D eigenvalue weighted by Gasteiger charge is -2.29. The Balaban J connectivity index is 1.25. The second-order valence-electron chi connectivity index (χ2n) is 8.15. The number of hydrogen-bond acceptors (Lipinski definition) is 8. The second-order valence-corrected chi connectivity index (χ2v) is 11.8. The molecule has 0 aliphatic carbocycles. The van der Waals surface area contributed by atoms with Crippen LogP contribution in [0.5, 0.6) is 0 Å². The van der Waals surface area contributed by atoms with Gasteiger partial charge in [0.2, 0.25) is 0 Å². The van der Waals surface area contributed by atoms with Crippen molar-refractivity contribution in [3.05, 3.63) is 34.8 Å². The number of carbonyl (C=O) groups is 1. The molecule has 3 aliphatic heterocycles. The van der Waals surface area contributed by atoms with Crippen LogP contribution in [0.15, 0.2) is 32.9 Å². The van der Waals surface area contributed by atoms with Gasteiger partial charge < -0.3 is 4.90 Å². The van der Waals surface area contributed by atoms with E-state index in [9.17, 15) is 13.2 Å². The molecule has 0 atom stereocenters. The number of anilines is 2. The number of carbonyl (C=O) groups excluding carboxylic acids is 1. The highest BCUT2D eigenvalue weighted by Gasteiger charge is 2.33. The molecule has 164 valence electrons. The largest absolute Gasteiger partial charge is 0.318 e. The highest BCUT2D eigenvalue weighted by atomic mass is 32.2. The molecule has 11 heteroatoms.